The molecule has 2 aromatic heterocycles. The molecule has 0 atom stereocenters. The highest BCUT2D eigenvalue weighted by molar-refractivity contribution is 7.12. The minimum atomic E-state index is 0.304. The van der Waals surface area contributed by atoms with Gasteiger partial charge in [0.1, 0.15) is 28.2 Å². The molecule has 0 bridgehead atoms. The number of allylic oxidation sites excluding steroid dienone is 1. The van der Waals surface area contributed by atoms with Gasteiger partial charge in [0.25, 0.3) is 0 Å². The van der Waals surface area contributed by atoms with Crippen LogP contribution in [0.5, 0.6) is 5.75 Å². The van der Waals surface area contributed by atoms with Gasteiger partial charge in [0.2, 0.25) is 0 Å². The number of likely N-dealkylation sites (tertiary alicyclic amines) is 1. The van der Waals surface area contributed by atoms with Crippen molar-refractivity contribution in [3.63, 3.8) is 0 Å². The van der Waals surface area contributed by atoms with E-state index in [2.05, 4.69) is 87.1 Å². The van der Waals surface area contributed by atoms with Crippen LogP contribution in [0.25, 0.3) is 27.0 Å². The molecule has 0 radical (unpaired) electrons. The van der Waals surface area contributed by atoms with Crippen molar-refractivity contribution in [2.45, 2.75) is 25.9 Å². The van der Waals surface area contributed by atoms with E-state index in [9.17, 15) is 0 Å². The fraction of sp³-hybridized carbons (Fsp3) is 0.269. The van der Waals surface area contributed by atoms with E-state index in [1.165, 1.54) is 11.3 Å². The Kier molecular flexibility index (Phi) is 6.32. The average Bonchev–Trinajstić information content (AvgIpc) is 3.39. The van der Waals surface area contributed by atoms with E-state index >= 15 is 0 Å². The standard InChI is InChI=1S/C26H27N5OS/c1-3-24(18-6-8-22(9-7-18)32-23-10-12-31(2)13-11-23)29-25-15-21-14-19(26-30-28-17-33-26)4-5-20(21)16-27-25/h3-9,14-17,23H,10-13H2,1-2H3,(H,27,29)/b24-3-. The van der Waals surface area contributed by atoms with Gasteiger partial charge in [-0.25, -0.2) is 4.98 Å². The summed E-state index contributed by atoms with van der Waals surface area (Å²) in [6.45, 7) is 4.21. The number of pyridine rings is 1. The molecule has 5 rings (SSSR count). The smallest absolute Gasteiger partial charge is 0.147 e. The van der Waals surface area contributed by atoms with Crippen molar-refractivity contribution >= 4 is 33.6 Å². The number of anilines is 1. The van der Waals surface area contributed by atoms with E-state index < -0.39 is 0 Å². The number of fused-ring (bicyclic) bond motifs is 1. The Morgan fingerprint density at radius 3 is 2.64 bits per heavy atom. The predicted octanol–water partition coefficient (Wildman–Crippen LogP) is 5.70. The number of aromatic nitrogens is 3. The Hall–Kier alpha value is -3.29. The quantitative estimate of drug-likeness (QED) is 0.401. The highest BCUT2D eigenvalue weighted by Gasteiger charge is 2.18. The van der Waals surface area contributed by atoms with E-state index in [1.807, 2.05) is 13.1 Å². The number of ether oxygens (including phenoxy) is 1. The number of benzene rings is 2. The van der Waals surface area contributed by atoms with Crippen LogP contribution in [-0.2, 0) is 0 Å². The average molecular weight is 458 g/mol. The van der Waals surface area contributed by atoms with Crippen LogP contribution in [0, 0.1) is 0 Å². The Balaban J connectivity index is 1.30. The normalized spacial score (nSPS) is 15.6. The lowest BCUT2D eigenvalue weighted by atomic mass is 10.1. The minimum Gasteiger partial charge on any atom is -0.490 e. The van der Waals surface area contributed by atoms with Crippen molar-refractivity contribution in [1.82, 2.24) is 20.1 Å². The lowest BCUT2D eigenvalue weighted by Crippen LogP contribution is -2.35. The van der Waals surface area contributed by atoms with E-state index in [-0.39, 0.29) is 0 Å². The van der Waals surface area contributed by atoms with Gasteiger partial charge in [-0.1, -0.05) is 29.5 Å². The van der Waals surface area contributed by atoms with Crippen molar-refractivity contribution in [2.24, 2.45) is 0 Å². The Bertz CT molecular complexity index is 1250. The van der Waals surface area contributed by atoms with Crippen LogP contribution >= 0.6 is 11.3 Å². The predicted molar refractivity (Wildman–Crippen MR) is 136 cm³/mol. The summed E-state index contributed by atoms with van der Waals surface area (Å²) < 4.78 is 6.19. The number of nitrogens with zero attached hydrogens (tertiary/aromatic N) is 4. The number of piperidine rings is 1. The van der Waals surface area contributed by atoms with Crippen molar-refractivity contribution < 1.29 is 4.74 Å². The lowest BCUT2D eigenvalue weighted by molar-refractivity contribution is 0.114. The van der Waals surface area contributed by atoms with Crippen molar-refractivity contribution in [3.8, 4) is 16.3 Å². The van der Waals surface area contributed by atoms with Gasteiger partial charge in [0.15, 0.2) is 0 Å². The first kappa shape index (κ1) is 21.6. The van der Waals surface area contributed by atoms with Crippen LogP contribution in [0.1, 0.15) is 25.3 Å². The minimum absolute atomic E-state index is 0.304. The summed E-state index contributed by atoms with van der Waals surface area (Å²) in [5, 5.41) is 14.7. The lowest BCUT2D eigenvalue weighted by Gasteiger charge is -2.29. The second-order valence-electron chi connectivity index (χ2n) is 8.35. The molecule has 0 amide bonds. The summed E-state index contributed by atoms with van der Waals surface area (Å²) in [7, 11) is 2.17. The highest BCUT2D eigenvalue weighted by Crippen LogP contribution is 2.28. The topological polar surface area (TPSA) is 63.2 Å². The zero-order chi connectivity index (χ0) is 22.6. The van der Waals surface area contributed by atoms with Gasteiger partial charge < -0.3 is 15.0 Å². The number of nitrogens with one attached hydrogen (secondary N) is 1. The fourth-order valence-electron chi connectivity index (χ4n) is 4.10. The van der Waals surface area contributed by atoms with Gasteiger partial charge in [0, 0.05) is 35.9 Å². The van der Waals surface area contributed by atoms with E-state index in [4.69, 9.17) is 4.74 Å². The van der Waals surface area contributed by atoms with Gasteiger partial charge >= 0.3 is 0 Å². The number of hydrogen-bond donors (Lipinski definition) is 1. The number of hydrogen-bond acceptors (Lipinski definition) is 7. The van der Waals surface area contributed by atoms with Gasteiger partial charge in [-0.2, -0.15) is 0 Å². The maximum Gasteiger partial charge on any atom is 0.147 e. The molecule has 1 saturated heterocycles. The summed E-state index contributed by atoms with van der Waals surface area (Å²) in [5.41, 5.74) is 4.92. The highest BCUT2D eigenvalue weighted by atomic mass is 32.1. The van der Waals surface area contributed by atoms with Gasteiger partial charge in [-0.15, -0.1) is 10.2 Å². The summed E-state index contributed by atoms with van der Waals surface area (Å²) in [5.74, 6) is 1.73. The second kappa shape index (κ2) is 9.68. The molecule has 6 nitrogen and oxygen atoms in total. The zero-order valence-corrected chi connectivity index (χ0v) is 19.7. The van der Waals surface area contributed by atoms with Crippen molar-refractivity contribution in [3.05, 3.63) is 71.9 Å². The van der Waals surface area contributed by atoms with Crippen LogP contribution in [0.3, 0.4) is 0 Å². The molecule has 168 valence electrons. The Morgan fingerprint density at radius 2 is 1.91 bits per heavy atom. The molecule has 3 heterocycles. The summed E-state index contributed by atoms with van der Waals surface area (Å²) in [4.78, 5) is 6.96. The van der Waals surface area contributed by atoms with Crippen molar-refractivity contribution in [2.75, 3.05) is 25.5 Å². The van der Waals surface area contributed by atoms with E-state index in [0.717, 1.165) is 70.1 Å². The summed E-state index contributed by atoms with van der Waals surface area (Å²) >= 11 is 1.54. The first-order valence-electron chi connectivity index (χ1n) is 11.2. The molecule has 0 spiro atoms. The molecule has 0 unspecified atom stereocenters. The molecular formula is C26H27N5OS. The maximum atomic E-state index is 6.19. The largest absolute Gasteiger partial charge is 0.490 e. The van der Waals surface area contributed by atoms with Crippen LogP contribution < -0.4 is 10.1 Å². The zero-order valence-electron chi connectivity index (χ0n) is 18.9. The van der Waals surface area contributed by atoms with Gasteiger partial charge in [-0.05, 0) is 74.2 Å². The van der Waals surface area contributed by atoms with E-state index in [1.54, 1.807) is 5.51 Å². The van der Waals surface area contributed by atoms with Crippen LogP contribution in [-0.4, -0.2) is 46.3 Å². The third-order valence-electron chi connectivity index (χ3n) is 6.01. The summed E-state index contributed by atoms with van der Waals surface area (Å²) in [6, 6.07) is 16.6. The molecule has 1 aliphatic rings. The third kappa shape index (κ3) is 5.05. The van der Waals surface area contributed by atoms with Gasteiger partial charge in [0.05, 0.1) is 0 Å². The molecular weight excluding hydrogens is 430 g/mol. The SMILES string of the molecule is C/C=C(\Nc1cc2cc(-c3nncs3)ccc2cn1)c1ccc(OC2CCN(C)CC2)cc1. The van der Waals surface area contributed by atoms with Crippen LogP contribution in [0.4, 0.5) is 5.82 Å². The molecule has 0 aliphatic carbocycles. The second-order valence-corrected chi connectivity index (χ2v) is 9.18. The van der Waals surface area contributed by atoms with Gasteiger partial charge in [-0.3, -0.25) is 0 Å². The number of rotatable bonds is 6. The molecule has 2 aromatic carbocycles. The monoisotopic (exact) mass is 457 g/mol. The molecule has 1 aliphatic heterocycles. The first-order valence-corrected chi connectivity index (χ1v) is 12.1. The van der Waals surface area contributed by atoms with Crippen LogP contribution in [0.2, 0.25) is 0 Å². The maximum absolute atomic E-state index is 6.19. The first-order chi connectivity index (χ1) is 16.2. The van der Waals surface area contributed by atoms with Crippen LogP contribution in [0.15, 0.2) is 66.3 Å². The molecule has 1 fully saturated rings. The Morgan fingerprint density at radius 1 is 1.09 bits per heavy atom. The fourth-order valence-corrected chi connectivity index (χ4v) is 4.65. The molecule has 33 heavy (non-hydrogen) atoms. The third-order valence-corrected chi connectivity index (χ3v) is 6.75. The summed E-state index contributed by atoms with van der Waals surface area (Å²) in [6.07, 6.45) is 6.42. The molecule has 4 aromatic rings. The molecule has 7 heteroatoms. The van der Waals surface area contributed by atoms with Crippen molar-refractivity contribution in [1.29, 1.82) is 0 Å². The molecule has 0 saturated carbocycles. The molecule has 1 N–H and O–H groups in total. The Labute approximate surface area is 198 Å². The van der Waals surface area contributed by atoms with E-state index in [0.29, 0.717) is 6.10 Å².